The Morgan fingerprint density at radius 2 is 1.90 bits per heavy atom. The van der Waals surface area contributed by atoms with E-state index in [9.17, 15) is 4.79 Å². The van der Waals surface area contributed by atoms with Gasteiger partial charge in [0.15, 0.2) is 0 Å². The molecule has 0 aliphatic rings. The molecule has 0 atom stereocenters. The Balaban J connectivity index is 2.30. The number of hydrogen-bond donors (Lipinski definition) is 1. The van der Waals surface area contributed by atoms with E-state index in [1.807, 2.05) is 12.1 Å². The van der Waals surface area contributed by atoms with Crippen molar-refractivity contribution in [1.29, 1.82) is 0 Å². The van der Waals surface area contributed by atoms with Crippen LogP contribution in [-0.2, 0) is 15.9 Å². The minimum atomic E-state index is -0.342. The summed E-state index contributed by atoms with van der Waals surface area (Å²) in [5, 5.41) is 0. The van der Waals surface area contributed by atoms with Crippen LogP contribution in [0, 0.1) is 0 Å². The van der Waals surface area contributed by atoms with Crippen molar-refractivity contribution in [1.82, 2.24) is 0 Å². The number of rotatable bonds is 9. The summed E-state index contributed by atoms with van der Waals surface area (Å²) in [5.74, 6) is -0.342. The molecule has 0 aliphatic carbocycles. The zero-order chi connectivity index (χ0) is 14.8. The lowest BCUT2D eigenvalue weighted by Gasteiger charge is -2.06. The van der Waals surface area contributed by atoms with Crippen LogP contribution in [0.1, 0.15) is 35.7 Å². The van der Waals surface area contributed by atoms with Gasteiger partial charge in [0.1, 0.15) is 6.61 Å². The minimum absolute atomic E-state index is 0.275. The van der Waals surface area contributed by atoms with Crippen molar-refractivity contribution in [3.63, 3.8) is 0 Å². The number of hydrogen-bond acceptors (Lipinski definition) is 4. The van der Waals surface area contributed by atoms with Crippen LogP contribution in [0.15, 0.2) is 24.3 Å². The largest absolute Gasteiger partial charge is 0.460 e. The second-order valence-electron chi connectivity index (χ2n) is 4.44. The summed E-state index contributed by atoms with van der Waals surface area (Å²) in [6.45, 7) is 3.52. The number of ether oxygens (including phenoxy) is 2. The smallest absolute Gasteiger partial charge is 0.338 e. The average molecular weight is 295 g/mol. The number of carbonyl (C=O) groups is 1. The van der Waals surface area contributed by atoms with E-state index in [0.29, 0.717) is 30.2 Å². The van der Waals surface area contributed by atoms with Gasteiger partial charge in [-0.05, 0) is 24.1 Å². The minimum Gasteiger partial charge on any atom is -0.460 e. The summed E-state index contributed by atoms with van der Waals surface area (Å²) in [5.41, 5.74) is 6.97. The fourth-order valence-electron chi connectivity index (χ4n) is 1.58. The molecule has 0 saturated carbocycles. The Morgan fingerprint density at radius 1 is 1.20 bits per heavy atom. The third-order valence-electron chi connectivity index (χ3n) is 2.67. The van der Waals surface area contributed by atoms with Crippen LogP contribution in [0.25, 0.3) is 0 Å². The number of benzene rings is 1. The molecule has 110 valence electrons. The Labute approximate surface area is 125 Å². The van der Waals surface area contributed by atoms with E-state index in [-0.39, 0.29) is 12.6 Å². The SMILES string of the molecule is CCCCOCCOC(=O)c1ccc(CC(N)=S)cc1. The summed E-state index contributed by atoms with van der Waals surface area (Å²) in [6.07, 6.45) is 2.66. The summed E-state index contributed by atoms with van der Waals surface area (Å²) in [6, 6.07) is 7.09. The number of thiocarbonyl (C=S) groups is 1. The van der Waals surface area contributed by atoms with Crippen molar-refractivity contribution in [3.05, 3.63) is 35.4 Å². The van der Waals surface area contributed by atoms with Gasteiger partial charge >= 0.3 is 5.97 Å². The number of carbonyl (C=O) groups excluding carboxylic acids is 1. The molecule has 0 amide bonds. The van der Waals surface area contributed by atoms with Crippen molar-refractivity contribution in [2.75, 3.05) is 19.8 Å². The van der Waals surface area contributed by atoms with E-state index >= 15 is 0 Å². The molecule has 20 heavy (non-hydrogen) atoms. The molecule has 4 nitrogen and oxygen atoms in total. The van der Waals surface area contributed by atoms with Gasteiger partial charge in [-0.2, -0.15) is 0 Å². The fourth-order valence-corrected chi connectivity index (χ4v) is 1.75. The zero-order valence-corrected chi connectivity index (χ0v) is 12.6. The van der Waals surface area contributed by atoms with Crippen LogP contribution in [0.3, 0.4) is 0 Å². The van der Waals surface area contributed by atoms with Gasteiger partial charge in [0, 0.05) is 13.0 Å². The molecule has 5 heteroatoms. The van der Waals surface area contributed by atoms with Gasteiger partial charge in [-0.1, -0.05) is 37.7 Å². The van der Waals surface area contributed by atoms with Crippen molar-refractivity contribution >= 4 is 23.2 Å². The molecular weight excluding hydrogens is 274 g/mol. The van der Waals surface area contributed by atoms with Crippen LogP contribution >= 0.6 is 12.2 Å². The van der Waals surface area contributed by atoms with E-state index in [1.54, 1.807) is 12.1 Å². The Kier molecular flexibility index (Phi) is 7.84. The highest BCUT2D eigenvalue weighted by Gasteiger charge is 2.06. The van der Waals surface area contributed by atoms with E-state index in [0.717, 1.165) is 18.4 Å². The van der Waals surface area contributed by atoms with Gasteiger partial charge in [0.2, 0.25) is 0 Å². The highest BCUT2D eigenvalue weighted by Crippen LogP contribution is 2.07. The molecule has 0 saturated heterocycles. The topological polar surface area (TPSA) is 61.5 Å². The van der Waals surface area contributed by atoms with Crippen molar-refractivity contribution < 1.29 is 14.3 Å². The van der Waals surface area contributed by atoms with Crippen molar-refractivity contribution in [2.45, 2.75) is 26.2 Å². The van der Waals surface area contributed by atoms with Gasteiger partial charge in [-0.15, -0.1) is 0 Å². The van der Waals surface area contributed by atoms with Gasteiger partial charge < -0.3 is 15.2 Å². The van der Waals surface area contributed by atoms with Crippen molar-refractivity contribution in [2.24, 2.45) is 5.73 Å². The molecule has 2 N–H and O–H groups in total. The molecule has 0 radical (unpaired) electrons. The summed E-state index contributed by atoms with van der Waals surface area (Å²) in [4.78, 5) is 12.2. The molecule has 0 bridgehead atoms. The van der Waals surface area contributed by atoms with Gasteiger partial charge in [0.25, 0.3) is 0 Å². The molecule has 0 unspecified atom stereocenters. The maximum absolute atomic E-state index is 11.7. The molecule has 1 aromatic rings. The average Bonchev–Trinajstić information content (AvgIpc) is 2.42. The van der Waals surface area contributed by atoms with Gasteiger partial charge in [-0.3, -0.25) is 0 Å². The first kappa shape index (κ1) is 16.6. The lowest BCUT2D eigenvalue weighted by atomic mass is 10.1. The summed E-state index contributed by atoms with van der Waals surface area (Å²) >= 11 is 4.84. The van der Waals surface area contributed by atoms with E-state index in [4.69, 9.17) is 27.4 Å². The third kappa shape index (κ3) is 6.63. The van der Waals surface area contributed by atoms with Crippen LogP contribution in [0.5, 0.6) is 0 Å². The lowest BCUT2D eigenvalue weighted by Crippen LogP contribution is -2.12. The molecule has 1 rings (SSSR count). The highest BCUT2D eigenvalue weighted by molar-refractivity contribution is 7.80. The predicted octanol–water partition coefficient (Wildman–Crippen LogP) is 2.49. The maximum atomic E-state index is 11.7. The third-order valence-corrected chi connectivity index (χ3v) is 2.82. The molecule has 0 fully saturated rings. The van der Waals surface area contributed by atoms with Crippen molar-refractivity contribution in [3.8, 4) is 0 Å². The van der Waals surface area contributed by atoms with Crippen LogP contribution in [-0.4, -0.2) is 30.8 Å². The Hall–Kier alpha value is -1.46. The first-order valence-electron chi connectivity index (χ1n) is 6.75. The predicted molar refractivity (Wildman–Crippen MR) is 82.9 cm³/mol. The number of nitrogens with two attached hydrogens (primary N) is 1. The normalized spacial score (nSPS) is 10.2. The Bertz CT molecular complexity index is 431. The standard InChI is InChI=1S/C15H21NO3S/c1-2-3-8-18-9-10-19-15(17)13-6-4-12(5-7-13)11-14(16)20/h4-7H,2-3,8-11H2,1H3,(H2,16,20). The molecule has 0 heterocycles. The second kappa shape index (κ2) is 9.44. The summed E-state index contributed by atoms with van der Waals surface area (Å²) in [7, 11) is 0. The van der Waals surface area contributed by atoms with E-state index in [2.05, 4.69) is 6.92 Å². The molecule has 0 aromatic heterocycles. The quantitative estimate of drug-likeness (QED) is 0.431. The van der Waals surface area contributed by atoms with Crippen LogP contribution < -0.4 is 5.73 Å². The molecule has 0 spiro atoms. The van der Waals surface area contributed by atoms with Gasteiger partial charge in [0.05, 0.1) is 17.2 Å². The lowest BCUT2D eigenvalue weighted by molar-refractivity contribution is 0.0314. The zero-order valence-electron chi connectivity index (χ0n) is 11.8. The number of unbranched alkanes of at least 4 members (excludes halogenated alkanes) is 1. The molecule has 1 aromatic carbocycles. The fraction of sp³-hybridized carbons (Fsp3) is 0.467. The monoisotopic (exact) mass is 295 g/mol. The molecule has 0 aliphatic heterocycles. The van der Waals surface area contributed by atoms with Crippen LogP contribution in [0.4, 0.5) is 0 Å². The highest BCUT2D eigenvalue weighted by atomic mass is 32.1. The molecular formula is C15H21NO3S. The Morgan fingerprint density at radius 3 is 2.50 bits per heavy atom. The first-order chi connectivity index (χ1) is 9.63. The second-order valence-corrected chi connectivity index (χ2v) is 4.97. The maximum Gasteiger partial charge on any atom is 0.338 e. The summed E-state index contributed by atoms with van der Waals surface area (Å²) < 4.78 is 10.4. The van der Waals surface area contributed by atoms with Gasteiger partial charge in [-0.25, -0.2) is 4.79 Å². The van der Waals surface area contributed by atoms with Crippen LogP contribution in [0.2, 0.25) is 0 Å². The first-order valence-corrected chi connectivity index (χ1v) is 7.16. The van der Waals surface area contributed by atoms with E-state index < -0.39 is 0 Å². The number of esters is 1. The van der Waals surface area contributed by atoms with E-state index in [1.165, 1.54) is 0 Å².